The molecule has 1 heterocycles. The average molecular weight is 542 g/mol. The molecular weight excluding hydrogens is 516 g/mol. The van der Waals surface area contributed by atoms with Crippen molar-refractivity contribution in [2.24, 2.45) is 0 Å². The fourth-order valence-electron chi connectivity index (χ4n) is 4.90. The summed E-state index contributed by atoms with van der Waals surface area (Å²) in [5, 5.41) is 10.5. The lowest BCUT2D eigenvalue weighted by Crippen LogP contribution is -2.51. The van der Waals surface area contributed by atoms with Crippen molar-refractivity contribution in [3.63, 3.8) is 0 Å². The SMILES string of the molecule is O=C(O)[C@H]1Cc2c(ccc(Cl)c2OCc2ccccc2)CN1C(=O)[C@H](OC1CC(F)(F)C1)c1ccccc1. The van der Waals surface area contributed by atoms with Crippen LogP contribution in [0.15, 0.2) is 72.8 Å². The molecule has 1 aliphatic heterocycles. The minimum atomic E-state index is -2.82. The van der Waals surface area contributed by atoms with Crippen LogP contribution in [0.3, 0.4) is 0 Å². The number of hydrogen-bond acceptors (Lipinski definition) is 4. The highest BCUT2D eigenvalue weighted by Crippen LogP contribution is 2.43. The number of amides is 1. The van der Waals surface area contributed by atoms with Crippen LogP contribution in [0.5, 0.6) is 5.75 Å². The summed E-state index contributed by atoms with van der Waals surface area (Å²) in [6.45, 7) is 0.227. The van der Waals surface area contributed by atoms with Gasteiger partial charge >= 0.3 is 5.97 Å². The van der Waals surface area contributed by atoms with E-state index in [1.54, 1.807) is 42.5 Å². The summed E-state index contributed by atoms with van der Waals surface area (Å²) in [7, 11) is 0. The van der Waals surface area contributed by atoms with Crippen LogP contribution in [0.25, 0.3) is 0 Å². The van der Waals surface area contributed by atoms with Crippen LogP contribution < -0.4 is 4.74 Å². The van der Waals surface area contributed by atoms with Gasteiger partial charge in [0.15, 0.2) is 6.10 Å². The molecule has 9 heteroatoms. The number of carboxylic acid groups (broad SMARTS) is 1. The maximum atomic E-state index is 13.8. The van der Waals surface area contributed by atoms with Crippen molar-refractivity contribution in [2.45, 2.75) is 56.6 Å². The molecule has 3 aromatic carbocycles. The third kappa shape index (κ3) is 5.51. The molecule has 6 nitrogen and oxygen atoms in total. The quantitative estimate of drug-likeness (QED) is 0.389. The Kier molecular flexibility index (Phi) is 7.36. The first-order valence-corrected chi connectivity index (χ1v) is 12.7. The van der Waals surface area contributed by atoms with Gasteiger partial charge in [0.2, 0.25) is 0 Å². The van der Waals surface area contributed by atoms with Gasteiger partial charge in [0.25, 0.3) is 11.8 Å². The van der Waals surface area contributed by atoms with Crippen molar-refractivity contribution >= 4 is 23.5 Å². The van der Waals surface area contributed by atoms with Crippen molar-refractivity contribution in [3.05, 3.63) is 100 Å². The number of alkyl halides is 2. The van der Waals surface area contributed by atoms with Crippen LogP contribution in [-0.4, -0.2) is 40.0 Å². The van der Waals surface area contributed by atoms with Crippen molar-refractivity contribution in [1.29, 1.82) is 0 Å². The molecule has 1 amide bonds. The Morgan fingerprint density at radius 3 is 2.32 bits per heavy atom. The van der Waals surface area contributed by atoms with Crippen LogP contribution >= 0.6 is 11.6 Å². The number of carboxylic acids is 1. The first-order chi connectivity index (χ1) is 18.2. The second kappa shape index (κ2) is 10.7. The Labute approximate surface area is 223 Å². The van der Waals surface area contributed by atoms with Gasteiger partial charge in [-0.3, -0.25) is 4.79 Å². The highest BCUT2D eigenvalue weighted by Gasteiger charge is 2.49. The molecule has 0 radical (unpaired) electrons. The number of rotatable bonds is 8. The normalized spacial score (nSPS) is 19.2. The van der Waals surface area contributed by atoms with Crippen molar-refractivity contribution in [3.8, 4) is 5.75 Å². The van der Waals surface area contributed by atoms with Crippen LogP contribution in [-0.2, 0) is 33.9 Å². The molecule has 38 heavy (non-hydrogen) atoms. The zero-order chi connectivity index (χ0) is 26.9. The molecule has 0 aromatic heterocycles. The largest absolute Gasteiger partial charge is 0.487 e. The highest BCUT2D eigenvalue weighted by molar-refractivity contribution is 6.32. The van der Waals surface area contributed by atoms with Crippen molar-refractivity contribution in [1.82, 2.24) is 4.90 Å². The fraction of sp³-hybridized carbons (Fsp3) is 0.310. The smallest absolute Gasteiger partial charge is 0.326 e. The Morgan fingerprint density at radius 1 is 1.03 bits per heavy atom. The summed E-state index contributed by atoms with van der Waals surface area (Å²) in [6.07, 6.45) is -2.98. The lowest BCUT2D eigenvalue weighted by Gasteiger charge is -2.40. The molecule has 198 valence electrons. The molecular formula is C29H26ClF2NO5. The Morgan fingerprint density at radius 2 is 1.68 bits per heavy atom. The zero-order valence-electron chi connectivity index (χ0n) is 20.4. The molecule has 0 saturated heterocycles. The Bertz CT molecular complexity index is 1310. The molecule has 0 bridgehead atoms. The number of nitrogens with zero attached hydrogens (tertiary/aromatic N) is 1. The van der Waals surface area contributed by atoms with Gasteiger partial charge in [-0.05, 0) is 22.8 Å². The second-order valence-corrected chi connectivity index (χ2v) is 10.0. The van der Waals surface area contributed by atoms with Crippen LogP contribution in [0, 0.1) is 0 Å². The minimum Gasteiger partial charge on any atom is -0.487 e. The van der Waals surface area contributed by atoms with Crippen LogP contribution in [0.4, 0.5) is 8.78 Å². The number of carbonyl (C=O) groups is 2. The molecule has 1 N–H and O–H groups in total. The summed E-state index contributed by atoms with van der Waals surface area (Å²) in [5.74, 6) is -4.22. The first-order valence-electron chi connectivity index (χ1n) is 12.3. The van der Waals surface area contributed by atoms with E-state index in [1.807, 2.05) is 30.3 Å². The fourth-order valence-corrected chi connectivity index (χ4v) is 5.13. The number of carbonyl (C=O) groups excluding carboxylic acids is 1. The Hall–Kier alpha value is -3.49. The average Bonchev–Trinajstić information content (AvgIpc) is 2.90. The topological polar surface area (TPSA) is 76.1 Å². The van der Waals surface area contributed by atoms with E-state index in [-0.39, 0.29) is 19.6 Å². The van der Waals surface area contributed by atoms with E-state index in [1.165, 1.54) is 4.90 Å². The molecule has 0 spiro atoms. The first kappa shape index (κ1) is 26.1. The number of ether oxygens (including phenoxy) is 2. The summed E-state index contributed by atoms with van der Waals surface area (Å²) >= 11 is 6.45. The summed E-state index contributed by atoms with van der Waals surface area (Å²) in [4.78, 5) is 27.4. The van der Waals surface area contributed by atoms with E-state index >= 15 is 0 Å². The molecule has 5 rings (SSSR count). The van der Waals surface area contributed by atoms with E-state index < -0.39 is 48.9 Å². The predicted octanol–water partition coefficient (Wildman–Crippen LogP) is 5.81. The van der Waals surface area contributed by atoms with E-state index in [0.29, 0.717) is 27.5 Å². The van der Waals surface area contributed by atoms with Crippen LogP contribution in [0.1, 0.15) is 41.2 Å². The third-order valence-electron chi connectivity index (χ3n) is 6.93. The van der Waals surface area contributed by atoms with Crippen molar-refractivity contribution in [2.75, 3.05) is 0 Å². The van der Waals surface area contributed by atoms with E-state index in [2.05, 4.69) is 0 Å². The standard InChI is InChI=1S/C29H26ClF2NO5/c30-23-12-11-20-16-33(24(28(35)36)13-22(20)26(23)37-17-18-7-3-1-4-8-18)27(34)25(19-9-5-2-6-10-19)38-21-14-29(31,32)15-21/h1-12,21,24-25H,13-17H2,(H,35,36)/t24-,25-/m1/s1. The molecule has 3 aromatic rings. The molecule has 1 fully saturated rings. The van der Waals surface area contributed by atoms with E-state index in [0.717, 1.165) is 5.56 Å². The van der Waals surface area contributed by atoms with Gasteiger partial charge in [-0.1, -0.05) is 78.3 Å². The Balaban J connectivity index is 1.43. The van der Waals surface area contributed by atoms with Gasteiger partial charge in [-0.15, -0.1) is 0 Å². The van der Waals surface area contributed by atoms with Gasteiger partial charge < -0.3 is 19.5 Å². The number of halogens is 3. The summed E-state index contributed by atoms with van der Waals surface area (Å²) < 4.78 is 38.9. The van der Waals surface area contributed by atoms with E-state index in [9.17, 15) is 23.5 Å². The third-order valence-corrected chi connectivity index (χ3v) is 7.22. The lowest BCUT2D eigenvalue weighted by molar-refractivity contribution is -0.193. The van der Waals surface area contributed by atoms with Gasteiger partial charge in [0.05, 0.1) is 11.1 Å². The lowest BCUT2D eigenvalue weighted by atomic mass is 9.90. The molecule has 1 aliphatic carbocycles. The number of aliphatic carboxylic acids is 1. The molecule has 0 unspecified atom stereocenters. The highest BCUT2D eigenvalue weighted by atomic mass is 35.5. The molecule has 1 saturated carbocycles. The number of benzene rings is 3. The predicted molar refractivity (Wildman–Crippen MR) is 136 cm³/mol. The van der Waals surface area contributed by atoms with Gasteiger partial charge in [-0.2, -0.15) is 0 Å². The number of hydrogen-bond donors (Lipinski definition) is 1. The van der Waals surface area contributed by atoms with Gasteiger partial charge in [0.1, 0.15) is 18.4 Å². The van der Waals surface area contributed by atoms with Gasteiger partial charge in [-0.25, -0.2) is 13.6 Å². The zero-order valence-corrected chi connectivity index (χ0v) is 21.1. The van der Waals surface area contributed by atoms with Gasteiger partial charge in [0, 0.05) is 31.4 Å². The number of fused-ring (bicyclic) bond motifs is 1. The second-order valence-electron chi connectivity index (χ2n) is 9.63. The maximum Gasteiger partial charge on any atom is 0.326 e. The summed E-state index contributed by atoms with van der Waals surface area (Å²) in [5.41, 5.74) is 2.73. The summed E-state index contributed by atoms with van der Waals surface area (Å²) in [6, 6.07) is 20.2. The van der Waals surface area contributed by atoms with E-state index in [4.69, 9.17) is 21.1 Å². The molecule has 2 atom stereocenters. The maximum absolute atomic E-state index is 13.8. The van der Waals surface area contributed by atoms with Crippen molar-refractivity contribution < 1.29 is 33.0 Å². The van der Waals surface area contributed by atoms with Crippen LogP contribution in [0.2, 0.25) is 5.02 Å². The minimum absolute atomic E-state index is 0.0164. The monoisotopic (exact) mass is 541 g/mol. The molecule has 2 aliphatic rings.